The van der Waals surface area contributed by atoms with Gasteiger partial charge >= 0.3 is 6.09 Å². The van der Waals surface area contributed by atoms with Gasteiger partial charge in [-0.05, 0) is 90.5 Å². The highest BCUT2D eigenvalue weighted by molar-refractivity contribution is 6.18. The van der Waals surface area contributed by atoms with Gasteiger partial charge in [0.15, 0.2) is 0 Å². The summed E-state index contributed by atoms with van der Waals surface area (Å²) in [5.74, 6) is -0.583. The molecule has 0 radical (unpaired) electrons. The van der Waals surface area contributed by atoms with Crippen molar-refractivity contribution >= 4 is 34.2 Å². The third-order valence-electron chi connectivity index (χ3n) is 12.6. The fraction of sp³-hybridized carbons (Fsp3) is 0.510. The first-order chi connectivity index (χ1) is 30.0. The summed E-state index contributed by atoms with van der Waals surface area (Å²) in [5, 5.41) is 26.9. The molecule has 7 unspecified atom stereocenters. The van der Waals surface area contributed by atoms with Crippen LogP contribution in [0, 0.1) is 17.8 Å². The molecule has 2 aliphatic heterocycles. The van der Waals surface area contributed by atoms with Crippen LogP contribution >= 0.6 is 11.6 Å². The van der Waals surface area contributed by atoms with E-state index in [1.807, 2.05) is 36.4 Å². The van der Waals surface area contributed by atoms with Crippen LogP contribution < -0.4 is 9.47 Å². The van der Waals surface area contributed by atoms with E-state index in [9.17, 15) is 15.0 Å². The lowest BCUT2D eigenvalue weighted by Crippen LogP contribution is -2.70. The number of fused-ring (bicyclic) bond motifs is 3. The number of carbonyl (C=O) groups excluding carboxylic acids is 1. The van der Waals surface area contributed by atoms with Gasteiger partial charge in [-0.15, -0.1) is 18.2 Å². The molecule has 1 saturated carbocycles. The summed E-state index contributed by atoms with van der Waals surface area (Å²) >= 11 is 6.16. The maximum Gasteiger partial charge on any atom is 0.410 e. The second kappa shape index (κ2) is 21.6. The summed E-state index contributed by atoms with van der Waals surface area (Å²) in [5.41, 5.74) is 3.53. The fourth-order valence-electron chi connectivity index (χ4n) is 9.93. The number of benzene rings is 3. The minimum atomic E-state index is -1.46. The Kier molecular flexibility index (Phi) is 15.8. The number of hydrogen-bond acceptors (Lipinski definition) is 10. The molecule has 1 saturated heterocycles. The summed E-state index contributed by atoms with van der Waals surface area (Å²) in [4.78, 5) is 22.8. The number of aliphatic hydroxyl groups excluding tert-OH is 2. The Morgan fingerprint density at radius 1 is 0.984 bits per heavy atom. The van der Waals surface area contributed by atoms with Gasteiger partial charge in [-0.25, -0.2) is 4.79 Å². The van der Waals surface area contributed by atoms with Gasteiger partial charge in [-0.2, -0.15) is 0 Å². The highest BCUT2D eigenvalue weighted by Gasteiger charge is 2.65. The number of rotatable bonds is 21. The van der Waals surface area contributed by atoms with Crippen LogP contribution in [0.2, 0.25) is 0 Å². The molecule has 61 heavy (non-hydrogen) atoms. The molecular formula is C49H61ClN2O9. The van der Waals surface area contributed by atoms with Gasteiger partial charge in [-0.3, -0.25) is 4.90 Å². The smallest absolute Gasteiger partial charge is 0.410 e. The van der Waals surface area contributed by atoms with Gasteiger partial charge in [0, 0.05) is 37.5 Å². The first-order valence-electron chi connectivity index (χ1n) is 22.0. The number of amides is 1. The topological polar surface area (TPSA) is 129 Å². The van der Waals surface area contributed by atoms with Crippen molar-refractivity contribution in [2.45, 2.75) is 94.8 Å². The van der Waals surface area contributed by atoms with Crippen LogP contribution in [0.4, 0.5) is 4.79 Å². The molecule has 4 aliphatic rings. The SMILES string of the molecule is C=CCOc1ccc2c(c1)C1C(CCCCO)C(CCCCO)C=C3C(=NOC4CCCCO4)CC(N(Cc4cccc5ccccc45)C(=O)OCCCl)C(OCC=C)(O2)C31. The quantitative estimate of drug-likeness (QED) is 0.0466. The second-order valence-corrected chi connectivity index (χ2v) is 16.7. The highest BCUT2D eigenvalue weighted by Crippen LogP contribution is 2.62. The number of nitrogens with zero attached hydrogens (tertiary/aromatic N) is 2. The minimum absolute atomic E-state index is 0.0135. The maximum absolute atomic E-state index is 14.8. The van der Waals surface area contributed by atoms with Crippen LogP contribution in [-0.2, 0) is 25.6 Å². The van der Waals surface area contributed by atoms with Gasteiger partial charge in [0.25, 0.3) is 0 Å². The lowest BCUT2D eigenvalue weighted by atomic mass is 9.55. The van der Waals surface area contributed by atoms with Crippen LogP contribution in [0.25, 0.3) is 10.8 Å². The Labute approximate surface area is 364 Å². The Balaban J connectivity index is 1.47. The molecule has 0 bridgehead atoms. The largest absolute Gasteiger partial charge is 0.490 e. The van der Waals surface area contributed by atoms with Crippen LogP contribution in [-0.4, -0.2) is 90.6 Å². The molecule has 3 aromatic rings. The minimum Gasteiger partial charge on any atom is -0.490 e. The third kappa shape index (κ3) is 9.97. The summed E-state index contributed by atoms with van der Waals surface area (Å²) in [6, 6.07) is 19.3. The zero-order valence-electron chi connectivity index (χ0n) is 35.1. The van der Waals surface area contributed by atoms with E-state index >= 15 is 0 Å². The second-order valence-electron chi connectivity index (χ2n) is 16.3. The average molecular weight is 857 g/mol. The molecule has 12 heteroatoms. The average Bonchev–Trinajstić information content (AvgIpc) is 3.29. The number of oxime groups is 1. The molecule has 0 spiro atoms. The normalized spacial score (nSPS) is 26.0. The molecule has 2 N–H and O–H groups in total. The van der Waals surface area contributed by atoms with Crippen molar-refractivity contribution in [1.82, 2.24) is 4.90 Å². The number of carbonyl (C=O) groups is 1. The summed E-state index contributed by atoms with van der Waals surface area (Å²) in [7, 11) is 0. The number of ether oxygens (including phenoxy) is 5. The Morgan fingerprint density at radius 3 is 2.56 bits per heavy atom. The predicted molar refractivity (Wildman–Crippen MR) is 237 cm³/mol. The van der Waals surface area contributed by atoms with E-state index in [2.05, 4.69) is 43.5 Å². The van der Waals surface area contributed by atoms with E-state index in [0.717, 1.165) is 72.4 Å². The Hall–Kier alpha value is -4.39. The van der Waals surface area contributed by atoms with Gasteiger partial charge in [-0.1, -0.05) is 85.3 Å². The van der Waals surface area contributed by atoms with E-state index in [4.69, 9.17) is 45.3 Å². The maximum atomic E-state index is 14.8. The van der Waals surface area contributed by atoms with Crippen molar-refractivity contribution in [3.05, 3.63) is 109 Å². The van der Waals surface area contributed by atoms with Gasteiger partial charge < -0.3 is 38.7 Å². The first kappa shape index (κ1) is 44.7. The molecule has 7 atom stereocenters. The molecule has 7 rings (SSSR count). The van der Waals surface area contributed by atoms with Crippen LogP contribution in [0.5, 0.6) is 11.5 Å². The molecule has 2 fully saturated rings. The van der Waals surface area contributed by atoms with Crippen molar-refractivity contribution in [3.8, 4) is 11.5 Å². The Bertz CT molecular complexity index is 2010. The van der Waals surface area contributed by atoms with E-state index < -0.39 is 30.1 Å². The van der Waals surface area contributed by atoms with Crippen molar-refractivity contribution in [3.63, 3.8) is 0 Å². The van der Waals surface area contributed by atoms with Crippen LogP contribution in [0.1, 0.15) is 81.3 Å². The number of hydrogen-bond donors (Lipinski definition) is 2. The molecular weight excluding hydrogens is 796 g/mol. The Morgan fingerprint density at radius 2 is 1.79 bits per heavy atom. The zero-order chi connectivity index (χ0) is 42.6. The van der Waals surface area contributed by atoms with E-state index in [1.54, 1.807) is 17.1 Å². The van der Waals surface area contributed by atoms with Gasteiger partial charge in [0.05, 0.1) is 37.3 Å². The van der Waals surface area contributed by atoms with E-state index in [0.29, 0.717) is 43.3 Å². The zero-order valence-corrected chi connectivity index (χ0v) is 35.9. The number of aliphatic hydroxyl groups is 2. The summed E-state index contributed by atoms with van der Waals surface area (Å²) < 4.78 is 32.6. The number of halogens is 1. The van der Waals surface area contributed by atoms with Crippen molar-refractivity contribution in [2.75, 3.05) is 45.5 Å². The molecule has 11 nitrogen and oxygen atoms in total. The lowest BCUT2D eigenvalue weighted by molar-refractivity contribution is -0.256. The highest BCUT2D eigenvalue weighted by atomic mass is 35.5. The van der Waals surface area contributed by atoms with E-state index in [-0.39, 0.29) is 63.0 Å². The van der Waals surface area contributed by atoms with Gasteiger partial charge in [0.2, 0.25) is 12.1 Å². The number of alkyl halides is 1. The monoisotopic (exact) mass is 856 g/mol. The molecule has 1 amide bonds. The van der Waals surface area contributed by atoms with Crippen LogP contribution in [0.15, 0.2) is 103 Å². The van der Waals surface area contributed by atoms with Crippen molar-refractivity contribution in [2.24, 2.45) is 22.9 Å². The molecule has 328 valence electrons. The standard InChI is InChI=1S/C49H61ClN2O9/c1-3-26-56-37-21-22-43-41(31-37)46-39(19-8-11-25-54)35(15-7-10-24-53)30-40-42(51-61-45-20-9-12-28-57-45)32-44(49(60-43,47(40)46)59-27-4-2)52(48(55)58-29-23-50)33-36-17-13-16-34-14-5-6-18-38(34)36/h3-6,13-14,16-18,21-22,30-31,35,39,44-47,53-54H,1-2,7-12,15,19-20,23-29,32-33H2. The van der Waals surface area contributed by atoms with E-state index in [1.165, 1.54) is 0 Å². The fourth-order valence-corrected chi connectivity index (χ4v) is 10.0. The van der Waals surface area contributed by atoms with Crippen LogP contribution in [0.3, 0.4) is 0 Å². The summed E-state index contributed by atoms with van der Waals surface area (Å²) in [6.45, 7) is 9.38. The predicted octanol–water partition coefficient (Wildman–Crippen LogP) is 9.44. The first-order valence-corrected chi connectivity index (χ1v) is 22.5. The third-order valence-corrected chi connectivity index (χ3v) is 12.7. The summed E-state index contributed by atoms with van der Waals surface area (Å²) in [6.07, 6.45) is 12.2. The van der Waals surface area contributed by atoms with Crippen molar-refractivity contribution < 1.29 is 43.5 Å². The molecule has 2 heterocycles. The number of allylic oxidation sites excluding steroid dienone is 1. The van der Waals surface area contributed by atoms with Gasteiger partial charge in [0.1, 0.15) is 30.8 Å². The molecule has 3 aromatic carbocycles. The molecule has 0 aromatic heterocycles. The van der Waals surface area contributed by atoms with Crippen molar-refractivity contribution in [1.29, 1.82) is 0 Å². The number of unbranched alkanes of at least 4 members (excludes halogenated alkanes) is 2. The molecule has 2 aliphatic carbocycles. The lowest BCUT2D eigenvalue weighted by Gasteiger charge is -2.60.